The van der Waals surface area contributed by atoms with Gasteiger partial charge in [0, 0.05) is 24.4 Å². The summed E-state index contributed by atoms with van der Waals surface area (Å²) in [5, 5.41) is 4.26. The van der Waals surface area contributed by atoms with Gasteiger partial charge in [0.1, 0.15) is 0 Å². The molecule has 0 saturated carbocycles. The van der Waals surface area contributed by atoms with E-state index >= 15 is 0 Å². The zero-order chi connectivity index (χ0) is 15.1. The summed E-state index contributed by atoms with van der Waals surface area (Å²) in [6, 6.07) is 10.3. The van der Waals surface area contributed by atoms with E-state index in [1.807, 2.05) is 32.0 Å². The molecule has 0 aliphatic rings. The van der Waals surface area contributed by atoms with Crippen molar-refractivity contribution in [2.45, 2.75) is 26.7 Å². The molecular formula is C16H22N4S. The van der Waals surface area contributed by atoms with Gasteiger partial charge in [0.25, 0.3) is 0 Å². The molecule has 1 aromatic carbocycles. The fourth-order valence-corrected chi connectivity index (χ4v) is 3.04. The van der Waals surface area contributed by atoms with Crippen LogP contribution in [0.1, 0.15) is 21.1 Å². The predicted octanol–water partition coefficient (Wildman–Crippen LogP) is 2.45. The van der Waals surface area contributed by atoms with Crippen molar-refractivity contribution in [1.29, 1.82) is 0 Å². The molecular weight excluding hydrogens is 280 g/mol. The number of aliphatic imine (C=N–C) groups is 1. The van der Waals surface area contributed by atoms with Gasteiger partial charge in [-0.2, -0.15) is 0 Å². The van der Waals surface area contributed by atoms with Crippen molar-refractivity contribution in [3.05, 3.63) is 51.5 Å². The first-order valence-corrected chi connectivity index (χ1v) is 7.97. The molecule has 1 heterocycles. The molecule has 4 nitrogen and oxygen atoms in total. The van der Waals surface area contributed by atoms with E-state index in [-0.39, 0.29) is 0 Å². The van der Waals surface area contributed by atoms with Gasteiger partial charge in [0.2, 0.25) is 0 Å². The molecule has 0 spiro atoms. The van der Waals surface area contributed by atoms with E-state index in [9.17, 15) is 0 Å². The normalized spacial score (nSPS) is 11.6. The van der Waals surface area contributed by atoms with E-state index in [0.717, 1.165) is 30.1 Å². The van der Waals surface area contributed by atoms with Crippen LogP contribution in [0.4, 0.5) is 0 Å². The van der Waals surface area contributed by atoms with Gasteiger partial charge in [-0.05, 0) is 25.8 Å². The summed E-state index contributed by atoms with van der Waals surface area (Å²) in [6.45, 7) is 5.58. The summed E-state index contributed by atoms with van der Waals surface area (Å²) in [6.07, 6.45) is 1.85. The number of aryl methyl sites for hydroxylation is 2. The van der Waals surface area contributed by atoms with Crippen molar-refractivity contribution < 1.29 is 0 Å². The van der Waals surface area contributed by atoms with Gasteiger partial charge in [-0.3, -0.25) is 4.99 Å². The van der Waals surface area contributed by atoms with Gasteiger partial charge in [-0.25, -0.2) is 4.98 Å². The maximum atomic E-state index is 5.87. The summed E-state index contributed by atoms with van der Waals surface area (Å²) in [5.74, 6) is 0.518. The SMILES string of the molecule is Cc1nc(C)c(CCN=C(N)NCCc2ccccc2)s1. The van der Waals surface area contributed by atoms with Crippen LogP contribution >= 0.6 is 11.3 Å². The lowest BCUT2D eigenvalue weighted by Crippen LogP contribution is -2.33. The van der Waals surface area contributed by atoms with Crippen LogP contribution in [0.15, 0.2) is 35.3 Å². The lowest BCUT2D eigenvalue weighted by atomic mass is 10.1. The second-order valence-electron chi connectivity index (χ2n) is 4.92. The van der Waals surface area contributed by atoms with E-state index in [4.69, 9.17) is 5.73 Å². The number of benzene rings is 1. The molecule has 0 unspecified atom stereocenters. The summed E-state index contributed by atoms with van der Waals surface area (Å²) < 4.78 is 0. The second-order valence-corrected chi connectivity index (χ2v) is 6.21. The van der Waals surface area contributed by atoms with E-state index in [1.165, 1.54) is 10.4 Å². The fraction of sp³-hybridized carbons (Fsp3) is 0.375. The standard InChI is InChI=1S/C16H22N4S/c1-12-15(21-13(2)20-12)9-11-19-16(17)18-10-8-14-6-4-3-5-7-14/h3-7H,8-11H2,1-2H3,(H3,17,18,19). The molecule has 2 rings (SSSR count). The van der Waals surface area contributed by atoms with Crippen molar-refractivity contribution >= 4 is 17.3 Å². The van der Waals surface area contributed by atoms with Gasteiger partial charge >= 0.3 is 0 Å². The maximum Gasteiger partial charge on any atom is 0.188 e. The highest BCUT2D eigenvalue weighted by Gasteiger charge is 2.03. The molecule has 0 atom stereocenters. The lowest BCUT2D eigenvalue weighted by molar-refractivity contribution is 0.844. The molecule has 0 fully saturated rings. The van der Waals surface area contributed by atoms with E-state index < -0.39 is 0 Å². The third-order valence-corrected chi connectivity index (χ3v) is 4.32. The zero-order valence-corrected chi connectivity index (χ0v) is 13.4. The highest BCUT2D eigenvalue weighted by molar-refractivity contribution is 7.11. The van der Waals surface area contributed by atoms with Crippen LogP contribution in [-0.2, 0) is 12.8 Å². The topological polar surface area (TPSA) is 63.3 Å². The quantitative estimate of drug-likeness (QED) is 0.636. The summed E-state index contributed by atoms with van der Waals surface area (Å²) in [5.41, 5.74) is 8.29. The second kappa shape index (κ2) is 7.78. The van der Waals surface area contributed by atoms with Crippen LogP contribution in [0.3, 0.4) is 0 Å². The summed E-state index contributed by atoms with van der Waals surface area (Å²) in [7, 11) is 0. The predicted molar refractivity (Wildman–Crippen MR) is 89.9 cm³/mol. The van der Waals surface area contributed by atoms with E-state index in [0.29, 0.717) is 12.5 Å². The first-order valence-electron chi connectivity index (χ1n) is 7.16. The Balaban J connectivity index is 1.70. The van der Waals surface area contributed by atoms with Crippen LogP contribution in [0.25, 0.3) is 0 Å². The number of thiazole rings is 1. The minimum atomic E-state index is 0.518. The number of aromatic nitrogens is 1. The van der Waals surface area contributed by atoms with Crippen molar-refractivity contribution in [3.63, 3.8) is 0 Å². The number of guanidine groups is 1. The first kappa shape index (κ1) is 15.5. The number of nitrogens with two attached hydrogens (primary N) is 1. The Hall–Kier alpha value is -1.88. The van der Waals surface area contributed by atoms with Gasteiger partial charge < -0.3 is 11.1 Å². The molecule has 5 heteroatoms. The van der Waals surface area contributed by atoms with E-state index in [1.54, 1.807) is 11.3 Å². The van der Waals surface area contributed by atoms with Crippen LogP contribution in [0, 0.1) is 13.8 Å². The van der Waals surface area contributed by atoms with E-state index in [2.05, 4.69) is 27.4 Å². The van der Waals surface area contributed by atoms with Gasteiger partial charge in [0.05, 0.1) is 10.7 Å². The Morgan fingerprint density at radius 2 is 2.00 bits per heavy atom. The van der Waals surface area contributed by atoms with Crippen LogP contribution in [0.2, 0.25) is 0 Å². The zero-order valence-electron chi connectivity index (χ0n) is 12.6. The van der Waals surface area contributed by atoms with Crippen molar-refractivity contribution in [2.75, 3.05) is 13.1 Å². The highest BCUT2D eigenvalue weighted by Crippen LogP contribution is 2.17. The minimum absolute atomic E-state index is 0.518. The molecule has 0 bridgehead atoms. The van der Waals surface area contributed by atoms with Gasteiger partial charge in [-0.1, -0.05) is 30.3 Å². The van der Waals surface area contributed by atoms with Crippen molar-refractivity contribution in [1.82, 2.24) is 10.3 Å². The highest BCUT2D eigenvalue weighted by atomic mass is 32.1. The molecule has 112 valence electrons. The van der Waals surface area contributed by atoms with Gasteiger partial charge in [0.15, 0.2) is 5.96 Å². The third-order valence-electron chi connectivity index (χ3n) is 3.18. The first-order chi connectivity index (χ1) is 10.1. The molecule has 3 N–H and O–H groups in total. The molecule has 0 aliphatic heterocycles. The van der Waals surface area contributed by atoms with Crippen LogP contribution in [-0.4, -0.2) is 24.0 Å². The monoisotopic (exact) mass is 302 g/mol. The minimum Gasteiger partial charge on any atom is -0.370 e. The van der Waals surface area contributed by atoms with Crippen molar-refractivity contribution in [3.8, 4) is 0 Å². The summed E-state index contributed by atoms with van der Waals surface area (Å²) in [4.78, 5) is 10.1. The molecule has 2 aromatic rings. The Morgan fingerprint density at radius 1 is 1.24 bits per heavy atom. The third kappa shape index (κ3) is 5.19. The fourth-order valence-electron chi connectivity index (χ4n) is 2.12. The average molecular weight is 302 g/mol. The number of hydrogen-bond acceptors (Lipinski definition) is 3. The Kier molecular flexibility index (Phi) is 5.75. The average Bonchev–Trinajstić information content (AvgIpc) is 2.78. The largest absolute Gasteiger partial charge is 0.370 e. The number of rotatable bonds is 6. The Bertz CT molecular complexity index is 590. The molecule has 21 heavy (non-hydrogen) atoms. The molecule has 0 saturated heterocycles. The van der Waals surface area contributed by atoms with Crippen molar-refractivity contribution in [2.24, 2.45) is 10.7 Å². The summed E-state index contributed by atoms with van der Waals surface area (Å²) >= 11 is 1.74. The smallest absolute Gasteiger partial charge is 0.188 e. The molecule has 0 aliphatic carbocycles. The number of nitrogens with zero attached hydrogens (tertiary/aromatic N) is 2. The lowest BCUT2D eigenvalue weighted by Gasteiger charge is -2.05. The maximum absolute atomic E-state index is 5.87. The van der Waals surface area contributed by atoms with Gasteiger partial charge in [-0.15, -0.1) is 11.3 Å². The van der Waals surface area contributed by atoms with Crippen LogP contribution < -0.4 is 11.1 Å². The van der Waals surface area contributed by atoms with Crippen LogP contribution in [0.5, 0.6) is 0 Å². The number of nitrogens with one attached hydrogen (secondary N) is 1. The Labute approximate surface area is 130 Å². The molecule has 0 amide bonds. The Morgan fingerprint density at radius 3 is 2.67 bits per heavy atom. The molecule has 0 radical (unpaired) electrons. The molecule has 1 aromatic heterocycles. The number of hydrogen-bond donors (Lipinski definition) is 2.